The highest BCUT2D eigenvalue weighted by Gasteiger charge is 2.45. The lowest BCUT2D eigenvalue weighted by atomic mass is 9.76. The van der Waals surface area contributed by atoms with Crippen molar-refractivity contribution in [2.45, 2.75) is 89.1 Å². The summed E-state index contributed by atoms with van der Waals surface area (Å²) in [4.78, 5) is 11.4. The third-order valence-corrected chi connectivity index (χ3v) is 7.31. The molecular weight excluding hydrogens is 360 g/mol. The minimum Gasteiger partial charge on any atom is -0.369 e. The molecular formula is C23H30N6. The molecule has 1 aliphatic heterocycles. The lowest BCUT2D eigenvalue weighted by Gasteiger charge is -2.47. The normalized spacial score (nSPS) is 22.9. The van der Waals surface area contributed by atoms with Gasteiger partial charge in [-0.25, -0.2) is 4.99 Å². The lowest BCUT2D eigenvalue weighted by Crippen LogP contribution is -2.59. The van der Waals surface area contributed by atoms with E-state index in [-0.39, 0.29) is 5.96 Å². The maximum Gasteiger partial charge on any atom is 0.220 e. The number of anilines is 1. The topological polar surface area (TPSA) is 104 Å². The van der Waals surface area contributed by atoms with E-state index in [0.29, 0.717) is 5.96 Å². The van der Waals surface area contributed by atoms with Crippen molar-refractivity contribution < 1.29 is 0 Å². The summed E-state index contributed by atoms with van der Waals surface area (Å²) in [6, 6.07) is 2.59. The number of hydrogen-bond donors (Lipinski definition) is 2. The molecule has 1 aromatic rings. The quantitative estimate of drug-likeness (QED) is 0.766. The predicted molar refractivity (Wildman–Crippen MR) is 116 cm³/mol. The molecule has 1 aromatic carbocycles. The van der Waals surface area contributed by atoms with E-state index in [1.165, 1.54) is 41.5 Å². The number of hydrogen-bond acceptors (Lipinski definition) is 6. The van der Waals surface area contributed by atoms with Crippen molar-refractivity contribution in [1.82, 2.24) is 0 Å². The zero-order valence-corrected chi connectivity index (χ0v) is 17.1. The van der Waals surface area contributed by atoms with Crippen LogP contribution in [-0.4, -0.2) is 17.6 Å². The zero-order valence-electron chi connectivity index (χ0n) is 17.1. The van der Waals surface area contributed by atoms with E-state index in [1.54, 1.807) is 0 Å². The molecule has 29 heavy (non-hydrogen) atoms. The van der Waals surface area contributed by atoms with E-state index in [4.69, 9.17) is 16.5 Å². The first kappa shape index (κ1) is 18.5. The molecule has 3 aliphatic carbocycles. The van der Waals surface area contributed by atoms with Crippen molar-refractivity contribution in [3.05, 3.63) is 27.8 Å². The summed E-state index contributed by atoms with van der Waals surface area (Å²) in [5, 5.41) is 10.3. The number of nitrogens with two attached hydrogens (primary N) is 2. The second-order valence-electron chi connectivity index (χ2n) is 8.98. The predicted octanol–water partition coefficient (Wildman–Crippen LogP) is 3.43. The molecule has 152 valence electrons. The lowest BCUT2D eigenvalue weighted by molar-refractivity contribution is 0.305. The van der Waals surface area contributed by atoms with E-state index in [2.05, 4.69) is 16.0 Å². The van der Waals surface area contributed by atoms with E-state index < -0.39 is 5.66 Å². The van der Waals surface area contributed by atoms with Gasteiger partial charge in [-0.1, -0.05) is 6.42 Å². The van der Waals surface area contributed by atoms with Crippen molar-refractivity contribution in [3.63, 3.8) is 0 Å². The first-order chi connectivity index (χ1) is 14.1. The fourth-order valence-electron chi connectivity index (χ4n) is 6.12. The standard InChI is InChI=1S/C23H30N6/c24-14-19-17-10-3-2-8-15(17)16-9-4-5-11-18(16)20(19)29-22(26)27-21(25)28-23(29)12-6-1-7-13-23/h1-13H2,(H4,25,26,27,28). The highest BCUT2D eigenvalue weighted by atomic mass is 15.4. The largest absolute Gasteiger partial charge is 0.369 e. The molecule has 0 unspecified atom stereocenters. The van der Waals surface area contributed by atoms with Crippen LogP contribution in [0.25, 0.3) is 0 Å². The molecule has 1 heterocycles. The Balaban J connectivity index is 1.79. The number of fused-ring (bicyclic) bond motifs is 3. The molecule has 0 radical (unpaired) electrons. The van der Waals surface area contributed by atoms with Gasteiger partial charge >= 0.3 is 0 Å². The Hall–Kier alpha value is -2.55. The van der Waals surface area contributed by atoms with Gasteiger partial charge in [-0.15, -0.1) is 0 Å². The average molecular weight is 391 g/mol. The van der Waals surface area contributed by atoms with Gasteiger partial charge in [-0.05, 0) is 99.3 Å². The second kappa shape index (κ2) is 7.05. The molecule has 0 atom stereocenters. The summed E-state index contributed by atoms with van der Waals surface area (Å²) in [6.45, 7) is 0. The third kappa shape index (κ3) is 2.82. The summed E-state index contributed by atoms with van der Waals surface area (Å²) >= 11 is 0. The SMILES string of the molecule is N#Cc1c2c(c3c(c1N1C(N)=NC(N)=NC14CCCCC4)CCCC3)CCCC2. The van der Waals surface area contributed by atoms with Gasteiger partial charge in [0.15, 0.2) is 0 Å². The van der Waals surface area contributed by atoms with Crippen molar-refractivity contribution in [3.8, 4) is 6.07 Å². The second-order valence-corrected chi connectivity index (χ2v) is 8.98. The van der Waals surface area contributed by atoms with Crippen LogP contribution in [0.2, 0.25) is 0 Å². The van der Waals surface area contributed by atoms with Gasteiger partial charge in [-0.3, -0.25) is 4.90 Å². The van der Waals surface area contributed by atoms with Gasteiger partial charge in [0, 0.05) is 0 Å². The van der Waals surface area contributed by atoms with Crippen LogP contribution in [0.5, 0.6) is 0 Å². The average Bonchev–Trinajstić information content (AvgIpc) is 2.74. The van der Waals surface area contributed by atoms with Crippen LogP contribution < -0.4 is 16.4 Å². The third-order valence-electron chi connectivity index (χ3n) is 7.31. The Morgan fingerprint density at radius 3 is 2.03 bits per heavy atom. The molecule has 0 aromatic heterocycles. The molecule has 1 spiro atoms. The highest BCUT2D eigenvalue weighted by Crippen LogP contribution is 2.47. The van der Waals surface area contributed by atoms with Crippen LogP contribution in [-0.2, 0) is 25.7 Å². The molecule has 4 aliphatic rings. The number of rotatable bonds is 1. The van der Waals surface area contributed by atoms with Crippen LogP contribution in [0.4, 0.5) is 5.69 Å². The minimum atomic E-state index is -0.492. The van der Waals surface area contributed by atoms with E-state index >= 15 is 0 Å². The summed E-state index contributed by atoms with van der Waals surface area (Å²) in [5.41, 5.74) is 19.5. The van der Waals surface area contributed by atoms with Crippen molar-refractivity contribution >= 4 is 17.6 Å². The summed E-state index contributed by atoms with van der Waals surface area (Å²) in [7, 11) is 0. The van der Waals surface area contributed by atoms with Gasteiger partial charge in [0.25, 0.3) is 0 Å². The Morgan fingerprint density at radius 2 is 1.38 bits per heavy atom. The Labute approximate surface area is 172 Å². The summed E-state index contributed by atoms with van der Waals surface area (Å²) in [5.74, 6) is 0.672. The molecule has 1 fully saturated rings. The van der Waals surface area contributed by atoms with Gasteiger partial charge < -0.3 is 11.5 Å². The smallest absolute Gasteiger partial charge is 0.220 e. The van der Waals surface area contributed by atoms with Crippen LogP contribution in [0.15, 0.2) is 9.98 Å². The summed E-state index contributed by atoms with van der Waals surface area (Å²) in [6.07, 6.45) is 14.2. The maximum absolute atomic E-state index is 10.3. The fourth-order valence-corrected chi connectivity index (χ4v) is 6.12. The first-order valence-electron chi connectivity index (χ1n) is 11.2. The molecule has 6 heteroatoms. The molecule has 4 N–H and O–H groups in total. The Bertz CT molecular complexity index is 945. The van der Waals surface area contributed by atoms with Crippen molar-refractivity contribution in [2.75, 3.05) is 4.90 Å². The zero-order chi connectivity index (χ0) is 20.0. The van der Waals surface area contributed by atoms with Gasteiger partial charge in [0.2, 0.25) is 11.9 Å². The van der Waals surface area contributed by atoms with E-state index in [1.807, 2.05) is 0 Å². The molecule has 0 bridgehead atoms. The van der Waals surface area contributed by atoms with Crippen molar-refractivity contribution in [1.29, 1.82) is 5.26 Å². The number of guanidine groups is 2. The van der Waals surface area contributed by atoms with Crippen LogP contribution in [0.1, 0.15) is 85.6 Å². The number of benzene rings is 1. The fraction of sp³-hybridized carbons (Fsp3) is 0.609. The Morgan fingerprint density at radius 1 is 0.793 bits per heavy atom. The van der Waals surface area contributed by atoms with Gasteiger partial charge in [0.05, 0.1) is 11.3 Å². The van der Waals surface area contributed by atoms with Crippen LogP contribution in [0, 0.1) is 11.3 Å². The maximum atomic E-state index is 10.3. The molecule has 1 saturated carbocycles. The van der Waals surface area contributed by atoms with Gasteiger partial charge in [0.1, 0.15) is 11.7 Å². The van der Waals surface area contributed by atoms with E-state index in [9.17, 15) is 5.26 Å². The van der Waals surface area contributed by atoms with Crippen molar-refractivity contribution in [2.24, 2.45) is 21.5 Å². The monoisotopic (exact) mass is 390 g/mol. The molecule has 6 nitrogen and oxygen atoms in total. The summed E-state index contributed by atoms with van der Waals surface area (Å²) < 4.78 is 0. The van der Waals surface area contributed by atoms with E-state index in [0.717, 1.165) is 75.5 Å². The van der Waals surface area contributed by atoms with Crippen LogP contribution in [0.3, 0.4) is 0 Å². The number of nitriles is 1. The van der Waals surface area contributed by atoms with Gasteiger partial charge in [-0.2, -0.15) is 10.3 Å². The molecule has 0 saturated heterocycles. The molecule has 0 amide bonds. The van der Waals surface area contributed by atoms with Crippen LogP contribution >= 0.6 is 0 Å². The Kier molecular flexibility index (Phi) is 4.49. The molecule has 5 rings (SSSR count). The number of nitrogens with zero attached hydrogens (tertiary/aromatic N) is 4. The minimum absolute atomic E-state index is 0.269. The highest BCUT2D eigenvalue weighted by molar-refractivity contribution is 6.07. The number of aliphatic imine (C=N–C) groups is 2. The first-order valence-corrected chi connectivity index (χ1v) is 11.2.